The number of hydrogen-bond donors (Lipinski definition) is 3. The second-order valence-corrected chi connectivity index (χ2v) is 7.10. The molecule has 24 heavy (non-hydrogen) atoms. The van der Waals surface area contributed by atoms with Crippen LogP contribution in [-0.4, -0.2) is 30.4 Å². The van der Waals surface area contributed by atoms with E-state index in [4.69, 9.17) is 0 Å². The molecule has 2 fully saturated rings. The van der Waals surface area contributed by atoms with Crippen LogP contribution in [0.2, 0.25) is 0 Å². The molecule has 0 spiro atoms. The normalized spacial score (nSPS) is 24.5. The number of piperidine rings is 1. The van der Waals surface area contributed by atoms with Crippen molar-refractivity contribution in [3.05, 3.63) is 29.8 Å². The standard InChI is InChI=1S/C19H27N3O2/c1-13-12-15(10-11-20-13)19(24)22-17-8-6-14(7-9-17)18(23)21-16-4-2-3-5-16/h6-9,13,15-16,20H,2-5,10-12H2,1H3,(H,21,23)(H,22,24)/t13-,15-/m0/s1. The summed E-state index contributed by atoms with van der Waals surface area (Å²) in [7, 11) is 0. The summed E-state index contributed by atoms with van der Waals surface area (Å²) in [5.41, 5.74) is 1.40. The second-order valence-electron chi connectivity index (χ2n) is 7.10. The molecule has 130 valence electrons. The third-order valence-corrected chi connectivity index (χ3v) is 5.10. The zero-order chi connectivity index (χ0) is 16.9. The number of anilines is 1. The molecular weight excluding hydrogens is 302 g/mol. The molecule has 5 heteroatoms. The summed E-state index contributed by atoms with van der Waals surface area (Å²) in [6.45, 7) is 3.00. The number of benzene rings is 1. The van der Waals surface area contributed by atoms with Gasteiger partial charge in [0.15, 0.2) is 0 Å². The Balaban J connectivity index is 1.53. The van der Waals surface area contributed by atoms with E-state index in [0.717, 1.165) is 37.9 Å². The van der Waals surface area contributed by atoms with Gasteiger partial charge in [0.2, 0.25) is 5.91 Å². The largest absolute Gasteiger partial charge is 0.349 e. The molecule has 1 heterocycles. The maximum Gasteiger partial charge on any atom is 0.251 e. The minimum absolute atomic E-state index is 0.0213. The van der Waals surface area contributed by atoms with Crippen LogP contribution < -0.4 is 16.0 Å². The van der Waals surface area contributed by atoms with Crippen LogP contribution in [0.4, 0.5) is 5.69 Å². The van der Waals surface area contributed by atoms with Crippen molar-refractivity contribution in [2.45, 2.75) is 57.5 Å². The van der Waals surface area contributed by atoms with Gasteiger partial charge in [-0.3, -0.25) is 9.59 Å². The summed E-state index contributed by atoms with van der Waals surface area (Å²) < 4.78 is 0. The Bertz CT molecular complexity index is 579. The lowest BCUT2D eigenvalue weighted by Gasteiger charge is -2.27. The minimum Gasteiger partial charge on any atom is -0.349 e. The number of amides is 2. The first-order valence-electron chi connectivity index (χ1n) is 9.07. The molecule has 3 N–H and O–H groups in total. The van der Waals surface area contributed by atoms with Gasteiger partial charge in [-0.05, 0) is 63.4 Å². The molecule has 1 saturated carbocycles. The van der Waals surface area contributed by atoms with E-state index >= 15 is 0 Å². The Labute approximate surface area is 143 Å². The molecule has 0 aromatic heterocycles. The smallest absolute Gasteiger partial charge is 0.251 e. The van der Waals surface area contributed by atoms with Crippen molar-refractivity contribution < 1.29 is 9.59 Å². The molecule has 2 amide bonds. The maximum absolute atomic E-state index is 12.3. The van der Waals surface area contributed by atoms with Crippen LogP contribution in [0.3, 0.4) is 0 Å². The summed E-state index contributed by atoms with van der Waals surface area (Å²) in [6.07, 6.45) is 6.30. The van der Waals surface area contributed by atoms with E-state index in [1.165, 1.54) is 12.8 Å². The lowest BCUT2D eigenvalue weighted by Crippen LogP contribution is -2.40. The highest BCUT2D eigenvalue weighted by atomic mass is 16.2. The molecular formula is C19H27N3O2. The monoisotopic (exact) mass is 329 g/mol. The Morgan fingerprint density at radius 1 is 1.08 bits per heavy atom. The molecule has 1 aliphatic carbocycles. The molecule has 1 aliphatic heterocycles. The van der Waals surface area contributed by atoms with Gasteiger partial charge in [-0.25, -0.2) is 0 Å². The van der Waals surface area contributed by atoms with Gasteiger partial charge in [0.25, 0.3) is 5.91 Å². The van der Waals surface area contributed by atoms with Crippen molar-refractivity contribution in [3.8, 4) is 0 Å². The Morgan fingerprint density at radius 2 is 1.79 bits per heavy atom. The van der Waals surface area contributed by atoms with Gasteiger partial charge < -0.3 is 16.0 Å². The predicted molar refractivity (Wildman–Crippen MR) is 95.0 cm³/mol. The molecule has 5 nitrogen and oxygen atoms in total. The number of rotatable bonds is 4. The van der Waals surface area contributed by atoms with Crippen LogP contribution in [0.5, 0.6) is 0 Å². The zero-order valence-corrected chi connectivity index (χ0v) is 14.3. The summed E-state index contributed by atoms with van der Waals surface area (Å²) >= 11 is 0. The fourth-order valence-electron chi connectivity index (χ4n) is 3.66. The molecule has 1 saturated heterocycles. The second kappa shape index (κ2) is 7.79. The first-order chi connectivity index (χ1) is 11.6. The van der Waals surface area contributed by atoms with Gasteiger partial charge in [0.1, 0.15) is 0 Å². The number of carbonyl (C=O) groups is 2. The van der Waals surface area contributed by atoms with Gasteiger partial charge >= 0.3 is 0 Å². The molecule has 2 atom stereocenters. The van der Waals surface area contributed by atoms with E-state index in [1.54, 1.807) is 12.1 Å². The number of carbonyl (C=O) groups excluding carboxylic acids is 2. The fraction of sp³-hybridized carbons (Fsp3) is 0.579. The Kier molecular flexibility index (Phi) is 5.51. The van der Waals surface area contributed by atoms with Gasteiger partial charge in [-0.1, -0.05) is 12.8 Å². The van der Waals surface area contributed by atoms with Crippen molar-refractivity contribution in [1.29, 1.82) is 0 Å². The highest BCUT2D eigenvalue weighted by molar-refractivity contribution is 5.96. The van der Waals surface area contributed by atoms with Crippen molar-refractivity contribution in [3.63, 3.8) is 0 Å². The van der Waals surface area contributed by atoms with Crippen LogP contribution in [0.1, 0.15) is 55.8 Å². The molecule has 0 radical (unpaired) electrons. The molecule has 1 aromatic carbocycles. The highest BCUT2D eigenvalue weighted by Gasteiger charge is 2.24. The van der Waals surface area contributed by atoms with Crippen molar-refractivity contribution in [2.75, 3.05) is 11.9 Å². The van der Waals surface area contributed by atoms with Crippen molar-refractivity contribution in [1.82, 2.24) is 10.6 Å². The maximum atomic E-state index is 12.3. The van der Waals surface area contributed by atoms with Gasteiger partial charge in [-0.15, -0.1) is 0 Å². The molecule has 0 unspecified atom stereocenters. The molecule has 2 aliphatic rings. The Morgan fingerprint density at radius 3 is 2.46 bits per heavy atom. The summed E-state index contributed by atoms with van der Waals surface area (Å²) in [5.74, 6) is 0.116. The fourth-order valence-corrected chi connectivity index (χ4v) is 3.66. The quantitative estimate of drug-likeness (QED) is 0.795. The summed E-state index contributed by atoms with van der Waals surface area (Å²) in [4.78, 5) is 24.6. The Hall–Kier alpha value is -1.88. The lowest BCUT2D eigenvalue weighted by molar-refractivity contribution is -0.120. The first kappa shape index (κ1) is 17.0. The van der Waals surface area contributed by atoms with Crippen LogP contribution in [0, 0.1) is 5.92 Å². The zero-order valence-electron chi connectivity index (χ0n) is 14.3. The van der Waals surface area contributed by atoms with E-state index in [0.29, 0.717) is 17.6 Å². The summed E-state index contributed by atoms with van der Waals surface area (Å²) in [5, 5.41) is 9.41. The summed E-state index contributed by atoms with van der Waals surface area (Å²) in [6, 6.07) is 7.89. The van der Waals surface area contributed by atoms with Crippen LogP contribution >= 0.6 is 0 Å². The van der Waals surface area contributed by atoms with Gasteiger partial charge in [-0.2, -0.15) is 0 Å². The third-order valence-electron chi connectivity index (χ3n) is 5.10. The van der Waals surface area contributed by atoms with Gasteiger partial charge in [0.05, 0.1) is 0 Å². The van der Waals surface area contributed by atoms with Crippen LogP contribution in [-0.2, 0) is 4.79 Å². The average molecular weight is 329 g/mol. The van der Waals surface area contributed by atoms with Crippen molar-refractivity contribution >= 4 is 17.5 Å². The van der Waals surface area contributed by atoms with Crippen molar-refractivity contribution in [2.24, 2.45) is 5.92 Å². The minimum atomic E-state index is -0.0213. The van der Waals surface area contributed by atoms with E-state index < -0.39 is 0 Å². The number of nitrogens with one attached hydrogen (secondary N) is 3. The average Bonchev–Trinajstić information content (AvgIpc) is 3.08. The molecule has 0 bridgehead atoms. The van der Waals surface area contributed by atoms with E-state index in [-0.39, 0.29) is 17.7 Å². The van der Waals surface area contributed by atoms with Crippen LogP contribution in [0.15, 0.2) is 24.3 Å². The lowest BCUT2D eigenvalue weighted by atomic mass is 9.92. The van der Waals surface area contributed by atoms with E-state index in [1.807, 2.05) is 12.1 Å². The first-order valence-corrected chi connectivity index (χ1v) is 9.07. The van der Waals surface area contributed by atoms with E-state index in [9.17, 15) is 9.59 Å². The SMILES string of the molecule is C[C@H]1C[C@@H](C(=O)Nc2ccc(C(=O)NC3CCCC3)cc2)CCN1. The third kappa shape index (κ3) is 4.35. The van der Waals surface area contributed by atoms with Crippen LogP contribution in [0.25, 0.3) is 0 Å². The molecule has 3 rings (SSSR count). The predicted octanol–water partition coefficient (Wildman–Crippen LogP) is 2.69. The molecule has 1 aromatic rings. The van der Waals surface area contributed by atoms with E-state index in [2.05, 4.69) is 22.9 Å². The topological polar surface area (TPSA) is 70.2 Å². The number of hydrogen-bond acceptors (Lipinski definition) is 3. The highest BCUT2D eigenvalue weighted by Crippen LogP contribution is 2.20. The van der Waals surface area contributed by atoms with Gasteiger partial charge in [0, 0.05) is 29.3 Å².